The zero-order chi connectivity index (χ0) is 58.6. The summed E-state index contributed by atoms with van der Waals surface area (Å²) in [6.45, 7) is 18.1. The molecule has 5 N–H and O–H groups in total. The van der Waals surface area contributed by atoms with Gasteiger partial charge in [-0.25, -0.2) is 18.4 Å². The summed E-state index contributed by atoms with van der Waals surface area (Å²) in [6, 6.07) is 16.5. The summed E-state index contributed by atoms with van der Waals surface area (Å²) < 4.78 is 49.4. The Morgan fingerprint density at radius 1 is 0.877 bits per heavy atom. The number of nitrogens with zero attached hydrogens (tertiary/aromatic N) is 5. The number of β-amino-alcohol motifs (C(OH)–C–C–N with tert-alkyl or cyclic N) is 1. The van der Waals surface area contributed by atoms with E-state index in [-0.39, 0.29) is 98.8 Å². The van der Waals surface area contributed by atoms with Gasteiger partial charge in [-0.05, 0) is 112 Å². The van der Waals surface area contributed by atoms with Crippen LogP contribution in [0, 0.1) is 19.3 Å². The number of piperidine rings is 1. The molecule has 1 unspecified atom stereocenters. The van der Waals surface area contributed by atoms with Gasteiger partial charge in [0.25, 0.3) is 0 Å². The number of anilines is 4. The molecule has 23 heteroatoms. The highest BCUT2D eigenvalue weighted by Crippen LogP contribution is 2.39. The summed E-state index contributed by atoms with van der Waals surface area (Å²) in [5, 5.41) is 22.2. The quantitative estimate of drug-likeness (QED) is 0.0348. The van der Waals surface area contributed by atoms with Crippen molar-refractivity contribution in [2.75, 3.05) is 69.9 Å². The van der Waals surface area contributed by atoms with Gasteiger partial charge in [-0.2, -0.15) is 4.98 Å². The van der Waals surface area contributed by atoms with Crippen LogP contribution < -0.4 is 26.0 Å². The van der Waals surface area contributed by atoms with Crippen molar-refractivity contribution in [2.24, 2.45) is 5.41 Å². The number of sulfone groups is 1. The van der Waals surface area contributed by atoms with Crippen molar-refractivity contribution in [3.05, 3.63) is 99.8 Å². The van der Waals surface area contributed by atoms with Crippen molar-refractivity contribution in [3.63, 3.8) is 0 Å². The summed E-state index contributed by atoms with van der Waals surface area (Å²) in [6.07, 6.45) is 1.96. The van der Waals surface area contributed by atoms with Crippen molar-refractivity contribution in [2.45, 2.75) is 128 Å². The van der Waals surface area contributed by atoms with Crippen LogP contribution in [0.2, 0.25) is 5.02 Å². The molecule has 2 aliphatic heterocycles. The third kappa shape index (κ3) is 16.7. The van der Waals surface area contributed by atoms with E-state index >= 15 is 0 Å². The smallest absolute Gasteiger partial charge is 0.248 e. The second-order valence-corrected chi connectivity index (χ2v) is 25.7. The number of amides is 4. The van der Waals surface area contributed by atoms with Crippen molar-refractivity contribution in [1.29, 1.82) is 0 Å². The number of likely N-dealkylation sites (tertiary alicyclic amines) is 2. The molecule has 2 saturated heterocycles. The Morgan fingerprint density at radius 2 is 1.56 bits per heavy atom. The van der Waals surface area contributed by atoms with Crippen LogP contribution in [0.1, 0.15) is 96.0 Å². The maximum absolute atomic E-state index is 14.0. The highest BCUT2D eigenvalue weighted by molar-refractivity contribution is 7.92. The first-order valence-electron chi connectivity index (χ1n) is 27.3. The maximum Gasteiger partial charge on any atom is 0.248 e. The Kier molecular flexibility index (Phi) is 21.7. The molecule has 0 aliphatic carbocycles. The monoisotopic (exact) mass is 1170 g/mol. The SMILES string of the molecule is Cc1cc(Nc2ncc(Cl)c(Nc3ccccc3S(=O)(=O)C(C)C)n2)c(OC(C)C)cc1C1CCN(C(=O)COCCOCCOCC(=O)NC(C(=O)N2C[C@H](O)C[C@H]2C(=O)NCc2ccc(-c3scnc3C)cc2)C(C)(C)C)CC1. The first-order valence-corrected chi connectivity index (χ1v) is 30.1. The van der Waals surface area contributed by atoms with Crippen LogP contribution in [0.25, 0.3) is 10.4 Å². The van der Waals surface area contributed by atoms with E-state index in [2.05, 4.69) is 36.2 Å². The van der Waals surface area contributed by atoms with Crippen LogP contribution in [0.4, 0.5) is 23.1 Å². The molecule has 0 bridgehead atoms. The number of ether oxygens (including phenoxy) is 4. The average molecular weight is 1170 g/mol. The summed E-state index contributed by atoms with van der Waals surface area (Å²) in [7, 11) is -3.61. The van der Waals surface area contributed by atoms with Gasteiger partial charge in [0.1, 0.15) is 36.1 Å². The standard InChI is InChI=1S/C58H76ClN9O11S2/c1-35(2)79-48-28-43(37(5)26-46(48)64-57-61-30-44(59)54(66-57)63-45-12-10-11-13-49(45)81(74,75)36(3)4)40-18-20-67(21-19-40)51(71)33-78-25-23-76-22-24-77-32-50(70)65-53(58(7,8)9)56(73)68-31-42(69)27-47(68)55(72)60-29-39-14-16-41(17-15-39)52-38(6)62-34-80-52/h10-17,26,28,30,34-36,40,42,47,53,69H,18-25,27,29,31-33H2,1-9H3,(H,60,72)(H,65,70)(H2,61,63,64,66)/t42-,47+,53?/m1/s1. The van der Waals surface area contributed by atoms with Gasteiger partial charge in [0, 0.05) is 32.6 Å². The van der Waals surface area contributed by atoms with E-state index in [1.54, 1.807) is 55.0 Å². The second-order valence-electron chi connectivity index (χ2n) is 21.9. The lowest BCUT2D eigenvalue weighted by Crippen LogP contribution is -2.58. The molecule has 81 heavy (non-hydrogen) atoms. The lowest BCUT2D eigenvalue weighted by Gasteiger charge is -2.35. The summed E-state index contributed by atoms with van der Waals surface area (Å²) in [4.78, 5) is 71.5. The number of halogens is 1. The third-order valence-electron chi connectivity index (χ3n) is 14.0. The van der Waals surface area contributed by atoms with Crippen LogP contribution in [-0.2, 0) is 49.8 Å². The van der Waals surface area contributed by atoms with Crippen molar-refractivity contribution < 1.29 is 51.6 Å². The van der Waals surface area contributed by atoms with Gasteiger partial charge in [-0.15, -0.1) is 11.3 Å². The fourth-order valence-corrected chi connectivity index (χ4v) is 11.8. The van der Waals surface area contributed by atoms with E-state index in [1.807, 2.05) is 89.8 Å². The predicted octanol–water partition coefficient (Wildman–Crippen LogP) is 7.89. The lowest BCUT2D eigenvalue weighted by atomic mass is 9.85. The van der Waals surface area contributed by atoms with Crippen molar-refractivity contribution in [3.8, 4) is 16.2 Å². The highest BCUT2D eigenvalue weighted by atomic mass is 35.5. The number of carbonyl (C=O) groups is 4. The van der Waals surface area contributed by atoms with Gasteiger partial charge in [-0.3, -0.25) is 19.2 Å². The first-order chi connectivity index (χ1) is 38.5. The van der Waals surface area contributed by atoms with Crippen LogP contribution >= 0.6 is 22.9 Å². The minimum absolute atomic E-state index is 0.0399. The molecule has 438 valence electrons. The van der Waals surface area contributed by atoms with E-state index in [4.69, 9.17) is 30.5 Å². The van der Waals surface area contributed by atoms with Crippen LogP contribution in [0.5, 0.6) is 5.75 Å². The number of carbonyl (C=O) groups excluding carboxylic acids is 4. The molecule has 4 amide bonds. The molecule has 2 aromatic heterocycles. The van der Waals surface area contributed by atoms with E-state index in [0.29, 0.717) is 30.2 Å². The first kappa shape index (κ1) is 62.3. The van der Waals surface area contributed by atoms with E-state index in [1.165, 1.54) is 11.1 Å². The topological polar surface area (TPSA) is 253 Å². The highest BCUT2D eigenvalue weighted by Gasteiger charge is 2.44. The molecule has 0 radical (unpaired) electrons. The van der Waals surface area contributed by atoms with Gasteiger partial charge < -0.3 is 55.1 Å². The number of aliphatic hydroxyl groups excluding tert-OH is 1. The molecule has 0 spiro atoms. The number of hydrogen-bond acceptors (Lipinski definition) is 17. The molecule has 5 aromatic rings. The molecule has 3 aromatic carbocycles. The van der Waals surface area contributed by atoms with Gasteiger partial charge in [0.15, 0.2) is 15.7 Å². The summed E-state index contributed by atoms with van der Waals surface area (Å²) >= 11 is 8.08. The van der Waals surface area contributed by atoms with Gasteiger partial charge in [0.05, 0.1) is 82.4 Å². The van der Waals surface area contributed by atoms with Crippen molar-refractivity contribution >= 4 is 79.5 Å². The zero-order valence-electron chi connectivity index (χ0n) is 47.5. The minimum atomic E-state index is -3.61. The fourth-order valence-electron chi connectivity index (χ4n) is 9.60. The predicted molar refractivity (Wildman–Crippen MR) is 312 cm³/mol. The molecule has 2 aliphatic rings. The number of aromatic nitrogens is 3. The number of aliphatic hydroxyl groups is 1. The number of thiazole rings is 1. The number of benzene rings is 3. The second kappa shape index (κ2) is 28.1. The maximum atomic E-state index is 14.0. The molecule has 3 atom stereocenters. The fraction of sp³-hybridized carbons (Fsp3) is 0.500. The Labute approximate surface area is 484 Å². The number of aryl methyl sites for hydroxylation is 2. The lowest BCUT2D eigenvalue weighted by molar-refractivity contribution is -0.144. The summed E-state index contributed by atoms with van der Waals surface area (Å²) in [5.74, 6) is -0.268. The van der Waals surface area contributed by atoms with E-state index in [0.717, 1.165) is 45.7 Å². The molecule has 4 heterocycles. The van der Waals surface area contributed by atoms with Crippen LogP contribution in [0.15, 0.2) is 77.3 Å². The molecule has 0 saturated carbocycles. The zero-order valence-corrected chi connectivity index (χ0v) is 49.9. The average Bonchev–Trinajstić information content (AvgIpc) is 4.05. The molecule has 20 nitrogen and oxygen atoms in total. The van der Waals surface area contributed by atoms with E-state index < -0.39 is 56.4 Å². The number of para-hydroxylation sites is 1. The molecule has 7 rings (SSSR count). The van der Waals surface area contributed by atoms with E-state index in [9.17, 15) is 32.7 Å². The van der Waals surface area contributed by atoms with Crippen LogP contribution in [0.3, 0.4) is 0 Å². The Balaban J connectivity index is 0.805. The van der Waals surface area contributed by atoms with Gasteiger partial charge in [0.2, 0.25) is 29.6 Å². The Hall–Kier alpha value is -6.27. The van der Waals surface area contributed by atoms with Crippen LogP contribution in [-0.4, -0.2) is 151 Å². The number of nitrogens with one attached hydrogen (secondary N) is 4. The number of hydrogen-bond donors (Lipinski definition) is 5. The largest absolute Gasteiger partial charge is 0.489 e. The Morgan fingerprint density at radius 3 is 2.21 bits per heavy atom. The minimum Gasteiger partial charge on any atom is -0.489 e. The van der Waals surface area contributed by atoms with Gasteiger partial charge in [-0.1, -0.05) is 68.8 Å². The normalized spacial score (nSPS) is 16.4. The van der Waals surface area contributed by atoms with Crippen molar-refractivity contribution in [1.82, 2.24) is 35.4 Å². The molecular formula is C58H76ClN9O11S2. The third-order valence-corrected chi connectivity index (χ3v) is 17.5. The van der Waals surface area contributed by atoms with Gasteiger partial charge >= 0.3 is 0 Å². The summed E-state index contributed by atoms with van der Waals surface area (Å²) in [5.41, 5.74) is 7.06. The molecule has 2 fully saturated rings. The molecular weight excluding hydrogens is 1100 g/mol. The number of rotatable bonds is 25. The Bertz CT molecular complexity index is 3090.